The van der Waals surface area contributed by atoms with Crippen LogP contribution in [0.3, 0.4) is 0 Å². The molecule has 0 radical (unpaired) electrons. The van der Waals surface area contributed by atoms with Crippen molar-refractivity contribution < 1.29 is 13.2 Å². The van der Waals surface area contributed by atoms with Gasteiger partial charge in [0.1, 0.15) is 0 Å². The lowest BCUT2D eigenvalue weighted by Gasteiger charge is -2.23. The average Bonchev–Trinajstić information content (AvgIpc) is 2.46. The minimum Gasteiger partial charge on any atom is -0.326 e. The van der Waals surface area contributed by atoms with E-state index in [0.717, 1.165) is 24.1 Å². The smallest absolute Gasteiger partial charge is 0.243 e. The Hall–Kier alpha value is -1.40. The first-order valence-corrected chi connectivity index (χ1v) is 8.86. The Morgan fingerprint density at radius 2 is 1.81 bits per heavy atom. The van der Waals surface area contributed by atoms with Gasteiger partial charge in [0.2, 0.25) is 15.9 Å². The molecule has 5 nitrogen and oxygen atoms in total. The summed E-state index contributed by atoms with van der Waals surface area (Å²) in [5.41, 5.74) is 1.62. The molecule has 1 N–H and O–H groups in total. The van der Waals surface area contributed by atoms with E-state index in [1.807, 2.05) is 13.8 Å². The molecule has 1 aromatic carbocycles. The van der Waals surface area contributed by atoms with E-state index in [0.29, 0.717) is 30.8 Å². The Labute approximate surface area is 126 Å². The lowest BCUT2D eigenvalue weighted by atomic mass is 10.0. The second-order valence-electron chi connectivity index (χ2n) is 5.27. The van der Waals surface area contributed by atoms with Crippen LogP contribution in [0.25, 0.3) is 0 Å². The number of nitrogens with zero attached hydrogens (tertiary/aromatic N) is 1. The summed E-state index contributed by atoms with van der Waals surface area (Å²) < 4.78 is 26.9. The average molecular weight is 310 g/mol. The molecule has 6 heteroatoms. The molecular weight excluding hydrogens is 288 g/mol. The molecule has 21 heavy (non-hydrogen) atoms. The molecule has 0 spiro atoms. The number of amides is 1. The third kappa shape index (κ3) is 3.44. The zero-order chi connectivity index (χ0) is 15.5. The number of rotatable bonds is 6. The van der Waals surface area contributed by atoms with E-state index in [9.17, 15) is 13.2 Å². The molecule has 1 amide bonds. The summed E-state index contributed by atoms with van der Waals surface area (Å²) in [5, 5.41) is 2.77. The molecule has 116 valence electrons. The fourth-order valence-electron chi connectivity index (χ4n) is 2.52. The number of carbonyl (C=O) groups is 1. The molecule has 0 saturated heterocycles. The number of anilines is 1. The van der Waals surface area contributed by atoms with Gasteiger partial charge in [-0.1, -0.05) is 13.8 Å². The largest absolute Gasteiger partial charge is 0.326 e. The second-order valence-corrected chi connectivity index (χ2v) is 7.21. The van der Waals surface area contributed by atoms with Gasteiger partial charge in [0.15, 0.2) is 0 Å². The molecule has 0 aromatic heterocycles. The van der Waals surface area contributed by atoms with Crippen molar-refractivity contribution in [1.82, 2.24) is 4.31 Å². The van der Waals surface area contributed by atoms with Crippen LogP contribution in [0.15, 0.2) is 23.1 Å². The molecule has 2 rings (SSSR count). The van der Waals surface area contributed by atoms with Gasteiger partial charge >= 0.3 is 0 Å². The molecule has 1 aliphatic heterocycles. The number of hydrogen-bond acceptors (Lipinski definition) is 3. The van der Waals surface area contributed by atoms with Gasteiger partial charge in [-0.05, 0) is 43.0 Å². The summed E-state index contributed by atoms with van der Waals surface area (Å²) in [4.78, 5) is 11.7. The first kappa shape index (κ1) is 16.0. The Kier molecular flexibility index (Phi) is 5.00. The molecule has 0 unspecified atom stereocenters. The topological polar surface area (TPSA) is 66.5 Å². The molecule has 1 aromatic rings. The van der Waals surface area contributed by atoms with Crippen molar-refractivity contribution in [2.24, 2.45) is 0 Å². The second kappa shape index (κ2) is 6.58. The van der Waals surface area contributed by atoms with Gasteiger partial charge in [-0.25, -0.2) is 8.42 Å². The molecule has 0 atom stereocenters. The van der Waals surface area contributed by atoms with Crippen LogP contribution in [0, 0.1) is 0 Å². The first-order chi connectivity index (χ1) is 9.98. The Morgan fingerprint density at radius 3 is 2.43 bits per heavy atom. The SMILES string of the molecule is CCCN(CCC)S(=O)(=O)c1ccc2c(c1)CCC(=O)N2. The van der Waals surface area contributed by atoms with Crippen LogP contribution in [0.1, 0.15) is 38.7 Å². The maximum atomic E-state index is 12.7. The summed E-state index contributed by atoms with van der Waals surface area (Å²) in [7, 11) is -3.45. The van der Waals surface area contributed by atoms with Crippen molar-refractivity contribution in [2.75, 3.05) is 18.4 Å². The first-order valence-electron chi connectivity index (χ1n) is 7.42. The highest BCUT2D eigenvalue weighted by Crippen LogP contribution is 2.27. The number of aryl methyl sites for hydroxylation is 1. The van der Waals surface area contributed by atoms with E-state index in [1.165, 1.54) is 4.31 Å². The van der Waals surface area contributed by atoms with Crippen molar-refractivity contribution in [3.05, 3.63) is 23.8 Å². The highest BCUT2D eigenvalue weighted by atomic mass is 32.2. The minimum absolute atomic E-state index is 0.0169. The summed E-state index contributed by atoms with van der Waals surface area (Å²) >= 11 is 0. The summed E-state index contributed by atoms with van der Waals surface area (Å²) in [6.07, 6.45) is 2.58. The fourth-order valence-corrected chi connectivity index (χ4v) is 4.20. The Balaban J connectivity index is 2.34. The lowest BCUT2D eigenvalue weighted by molar-refractivity contribution is -0.116. The highest BCUT2D eigenvalue weighted by molar-refractivity contribution is 7.89. The van der Waals surface area contributed by atoms with Crippen LogP contribution >= 0.6 is 0 Å². The van der Waals surface area contributed by atoms with Gasteiger partial charge in [0.25, 0.3) is 0 Å². The van der Waals surface area contributed by atoms with Crippen LogP contribution in [0.5, 0.6) is 0 Å². The lowest BCUT2D eigenvalue weighted by Crippen LogP contribution is -2.32. The van der Waals surface area contributed by atoms with Crippen molar-refractivity contribution in [1.29, 1.82) is 0 Å². The third-order valence-electron chi connectivity index (χ3n) is 3.56. The molecule has 0 saturated carbocycles. The van der Waals surface area contributed by atoms with E-state index in [-0.39, 0.29) is 5.91 Å². The predicted molar refractivity (Wildman–Crippen MR) is 82.7 cm³/mol. The van der Waals surface area contributed by atoms with Crippen LogP contribution in [-0.2, 0) is 21.2 Å². The van der Waals surface area contributed by atoms with Crippen molar-refractivity contribution >= 4 is 21.6 Å². The van der Waals surface area contributed by atoms with E-state index < -0.39 is 10.0 Å². The van der Waals surface area contributed by atoms with Gasteiger partial charge in [-0.15, -0.1) is 0 Å². The summed E-state index contributed by atoms with van der Waals surface area (Å²) in [6, 6.07) is 4.97. The number of fused-ring (bicyclic) bond motifs is 1. The number of nitrogens with one attached hydrogen (secondary N) is 1. The van der Waals surface area contributed by atoms with Crippen molar-refractivity contribution in [3.8, 4) is 0 Å². The monoisotopic (exact) mass is 310 g/mol. The highest BCUT2D eigenvalue weighted by Gasteiger charge is 2.25. The molecule has 1 heterocycles. The standard InChI is InChI=1S/C15H22N2O3S/c1-3-9-17(10-4-2)21(19,20)13-6-7-14-12(11-13)5-8-15(18)16-14/h6-7,11H,3-5,8-10H2,1-2H3,(H,16,18). The third-order valence-corrected chi connectivity index (χ3v) is 5.45. The number of sulfonamides is 1. The van der Waals surface area contributed by atoms with E-state index >= 15 is 0 Å². The van der Waals surface area contributed by atoms with Crippen LogP contribution in [-0.4, -0.2) is 31.7 Å². The summed E-state index contributed by atoms with van der Waals surface area (Å²) in [5.74, 6) is -0.0169. The maximum absolute atomic E-state index is 12.7. The van der Waals surface area contributed by atoms with Gasteiger partial charge in [-0.3, -0.25) is 4.79 Å². The van der Waals surface area contributed by atoms with Gasteiger partial charge in [0, 0.05) is 25.2 Å². The van der Waals surface area contributed by atoms with E-state index in [2.05, 4.69) is 5.32 Å². The van der Waals surface area contributed by atoms with Crippen LogP contribution in [0.2, 0.25) is 0 Å². The van der Waals surface area contributed by atoms with E-state index in [4.69, 9.17) is 0 Å². The predicted octanol–water partition coefficient (Wildman–Crippen LogP) is 2.38. The van der Waals surface area contributed by atoms with E-state index in [1.54, 1.807) is 18.2 Å². The number of carbonyl (C=O) groups excluding carboxylic acids is 1. The Morgan fingerprint density at radius 1 is 1.14 bits per heavy atom. The quantitative estimate of drug-likeness (QED) is 0.877. The molecule has 0 fully saturated rings. The summed E-state index contributed by atoms with van der Waals surface area (Å²) in [6.45, 7) is 5.01. The normalized spacial score (nSPS) is 14.9. The zero-order valence-electron chi connectivity index (χ0n) is 12.6. The number of benzene rings is 1. The van der Waals surface area contributed by atoms with Gasteiger partial charge in [0.05, 0.1) is 4.90 Å². The molecular formula is C15H22N2O3S. The van der Waals surface area contributed by atoms with Crippen molar-refractivity contribution in [3.63, 3.8) is 0 Å². The van der Waals surface area contributed by atoms with Crippen LogP contribution in [0.4, 0.5) is 5.69 Å². The van der Waals surface area contributed by atoms with Crippen LogP contribution < -0.4 is 5.32 Å². The Bertz CT molecular complexity index is 620. The maximum Gasteiger partial charge on any atom is 0.243 e. The minimum atomic E-state index is -3.45. The fraction of sp³-hybridized carbons (Fsp3) is 0.533. The molecule has 0 aliphatic carbocycles. The molecule has 0 bridgehead atoms. The number of hydrogen-bond donors (Lipinski definition) is 1. The molecule has 1 aliphatic rings. The van der Waals surface area contributed by atoms with Crippen molar-refractivity contribution in [2.45, 2.75) is 44.4 Å². The van der Waals surface area contributed by atoms with Gasteiger partial charge < -0.3 is 5.32 Å². The zero-order valence-corrected chi connectivity index (χ0v) is 13.4. The van der Waals surface area contributed by atoms with Gasteiger partial charge in [-0.2, -0.15) is 4.31 Å².